The third-order valence-electron chi connectivity index (χ3n) is 3.80. The van der Waals surface area contributed by atoms with Crippen LogP contribution in [0.25, 0.3) is 10.8 Å². The average molecular weight is 345 g/mol. The van der Waals surface area contributed by atoms with E-state index in [-0.39, 0.29) is 23.8 Å². The van der Waals surface area contributed by atoms with E-state index < -0.39 is 5.97 Å². The molecule has 0 aliphatic heterocycles. The van der Waals surface area contributed by atoms with Crippen molar-refractivity contribution in [1.82, 2.24) is 5.32 Å². The van der Waals surface area contributed by atoms with Crippen molar-refractivity contribution in [3.05, 3.63) is 42.5 Å². The summed E-state index contributed by atoms with van der Waals surface area (Å²) < 4.78 is 5.03. The molecule has 2 rings (SSSR count). The molecule has 1 N–H and O–H groups in total. The Labute approximate surface area is 147 Å². The number of nitrogens with one attached hydrogen (secondary N) is 1. The minimum absolute atomic E-state index is 0.183. The van der Waals surface area contributed by atoms with Crippen molar-refractivity contribution in [1.29, 1.82) is 0 Å². The van der Waals surface area contributed by atoms with Gasteiger partial charge in [0.1, 0.15) is 0 Å². The molecule has 0 saturated heterocycles. The maximum Gasteiger partial charge on any atom is 0.316 e. The van der Waals surface area contributed by atoms with Crippen LogP contribution in [-0.2, 0) is 14.3 Å². The van der Waals surface area contributed by atoms with Crippen LogP contribution >= 0.6 is 11.8 Å². The van der Waals surface area contributed by atoms with E-state index in [1.165, 1.54) is 17.1 Å². The number of carbonyl (C=O) groups is 2. The molecule has 2 aromatic rings. The molecular weight excluding hydrogens is 322 g/mol. The molecule has 0 bridgehead atoms. The summed E-state index contributed by atoms with van der Waals surface area (Å²) in [6.07, 6.45) is 0.810. The van der Waals surface area contributed by atoms with Crippen LogP contribution < -0.4 is 5.32 Å². The SMILES string of the molecule is CCC(C)(C)NC(=O)COC(=O)CSc1ccc2ccccc2c1. The molecule has 0 saturated carbocycles. The predicted molar refractivity (Wildman–Crippen MR) is 98.1 cm³/mol. The molecule has 128 valence electrons. The Morgan fingerprint density at radius 1 is 1.12 bits per heavy atom. The second-order valence-electron chi connectivity index (χ2n) is 6.24. The van der Waals surface area contributed by atoms with Crippen molar-refractivity contribution >= 4 is 34.4 Å². The van der Waals surface area contributed by atoms with Crippen molar-refractivity contribution in [2.75, 3.05) is 12.4 Å². The summed E-state index contributed by atoms with van der Waals surface area (Å²) in [5.41, 5.74) is -0.288. The normalized spacial score (nSPS) is 11.3. The molecule has 0 aliphatic carbocycles. The van der Waals surface area contributed by atoms with E-state index >= 15 is 0 Å². The highest BCUT2D eigenvalue weighted by atomic mass is 32.2. The molecular formula is C19H23NO3S. The Morgan fingerprint density at radius 3 is 2.54 bits per heavy atom. The van der Waals surface area contributed by atoms with Crippen LogP contribution in [0.1, 0.15) is 27.2 Å². The monoisotopic (exact) mass is 345 g/mol. The lowest BCUT2D eigenvalue weighted by Crippen LogP contribution is -2.44. The lowest BCUT2D eigenvalue weighted by Gasteiger charge is -2.24. The molecule has 0 fully saturated rings. The second kappa shape index (κ2) is 8.20. The minimum Gasteiger partial charge on any atom is -0.455 e. The second-order valence-corrected chi connectivity index (χ2v) is 7.29. The Bertz CT molecular complexity index is 727. The van der Waals surface area contributed by atoms with E-state index in [1.54, 1.807) is 0 Å². The zero-order valence-electron chi connectivity index (χ0n) is 14.3. The number of hydrogen-bond acceptors (Lipinski definition) is 4. The van der Waals surface area contributed by atoms with Gasteiger partial charge in [-0.3, -0.25) is 9.59 Å². The van der Waals surface area contributed by atoms with Crippen LogP contribution in [0, 0.1) is 0 Å². The number of carbonyl (C=O) groups excluding carboxylic acids is 2. The molecule has 24 heavy (non-hydrogen) atoms. The Morgan fingerprint density at radius 2 is 1.83 bits per heavy atom. The number of benzene rings is 2. The molecule has 0 aromatic heterocycles. The lowest BCUT2D eigenvalue weighted by molar-refractivity contribution is -0.146. The lowest BCUT2D eigenvalue weighted by atomic mass is 10.0. The summed E-state index contributed by atoms with van der Waals surface area (Å²) in [6.45, 7) is 5.62. The molecule has 5 heteroatoms. The van der Waals surface area contributed by atoms with Gasteiger partial charge in [0.25, 0.3) is 5.91 Å². The summed E-state index contributed by atoms with van der Waals surface area (Å²) in [5.74, 6) is -0.480. The van der Waals surface area contributed by atoms with Gasteiger partial charge in [-0.15, -0.1) is 11.8 Å². The van der Waals surface area contributed by atoms with Crippen LogP contribution in [0.15, 0.2) is 47.4 Å². The fourth-order valence-corrected chi connectivity index (χ4v) is 2.83. The smallest absolute Gasteiger partial charge is 0.316 e. The molecule has 0 atom stereocenters. The maximum atomic E-state index is 11.8. The number of amides is 1. The van der Waals surface area contributed by atoms with Crippen molar-refractivity contribution in [3.63, 3.8) is 0 Å². The highest BCUT2D eigenvalue weighted by Gasteiger charge is 2.18. The summed E-state index contributed by atoms with van der Waals surface area (Å²) in [7, 11) is 0. The van der Waals surface area contributed by atoms with Crippen molar-refractivity contribution in [2.45, 2.75) is 37.6 Å². The first-order valence-electron chi connectivity index (χ1n) is 7.98. The van der Waals surface area contributed by atoms with Gasteiger partial charge >= 0.3 is 5.97 Å². The van der Waals surface area contributed by atoms with Crippen LogP contribution in [0.2, 0.25) is 0 Å². The molecule has 0 radical (unpaired) electrons. The minimum atomic E-state index is -0.391. The number of rotatable bonds is 7. The summed E-state index contributed by atoms with van der Waals surface area (Å²) in [4.78, 5) is 24.5. The Kier molecular flexibility index (Phi) is 6.26. The van der Waals surface area contributed by atoms with E-state index in [9.17, 15) is 9.59 Å². The first kappa shape index (κ1) is 18.3. The van der Waals surface area contributed by atoms with E-state index in [4.69, 9.17) is 4.74 Å². The summed E-state index contributed by atoms with van der Waals surface area (Å²) in [5, 5.41) is 5.13. The van der Waals surface area contributed by atoms with E-state index in [0.717, 1.165) is 16.7 Å². The first-order chi connectivity index (χ1) is 11.4. The zero-order valence-corrected chi connectivity index (χ0v) is 15.1. The van der Waals surface area contributed by atoms with Gasteiger partial charge < -0.3 is 10.1 Å². The molecule has 0 spiro atoms. The number of hydrogen-bond donors (Lipinski definition) is 1. The van der Waals surface area contributed by atoms with Gasteiger partial charge in [-0.2, -0.15) is 0 Å². The van der Waals surface area contributed by atoms with Gasteiger partial charge in [-0.1, -0.05) is 37.3 Å². The molecule has 0 heterocycles. The van der Waals surface area contributed by atoms with Gasteiger partial charge in [0.2, 0.25) is 0 Å². The average Bonchev–Trinajstić information content (AvgIpc) is 2.57. The predicted octanol–water partition coefficient (Wildman–Crippen LogP) is 3.78. The van der Waals surface area contributed by atoms with E-state index in [0.29, 0.717) is 0 Å². The van der Waals surface area contributed by atoms with Crippen LogP contribution in [0.4, 0.5) is 0 Å². The molecule has 0 aliphatic rings. The third-order valence-corrected chi connectivity index (χ3v) is 4.77. The zero-order chi connectivity index (χ0) is 17.6. The van der Waals surface area contributed by atoms with Gasteiger partial charge in [-0.05, 0) is 43.2 Å². The quantitative estimate of drug-likeness (QED) is 0.613. The highest BCUT2D eigenvalue weighted by Crippen LogP contribution is 2.23. The van der Waals surface area contributed by atoms with Gasteiger partial charge in [0.05, 0.1) is 5.75 Å². The van der Waals surface area contributed by atoms with Crippen molar-refractivity contribution in [3.8, 4) is 0 Å². The van der Waals surface area contributed by atoms with E-state index in [2.05, 4.69) is 11.4 Å². The highest BCUT2D eigenvalue weighted by molar-refractivity contribution is 8.00. The number of ether oxygens (including phenoxy) is 1. The summed E-state index contributed by atoms with van der Waals surface area (Å²) in [6, 6.07) is 14.1. The number of esters is 1. The topological polar surface area (TPSA) is 55.4 Å². The van der Waals surface area contributed by atoms with Gasteiger partial charge in [-0.25, -0.2) is 0 Å². The van der Waals surface area contributed by atoms with Gasteiger partial charge in [0.15, 0.2) is 6.61 Å². The van der Waals surface area contributed by atoms with Crippen molar-refractivity contribution < 1.29 is 14.3 Å². The molecule has 0 unspecified atom stereocenters. The maximum absolute atomic E-state index is 11.8. The summed E-state index contributed by atoms with van der Waals surface area (Å²) >= 11 is 1.41. The largest absolute Gasteiger partial charge is 0.455 e. The van der Waals surface area contributed by atoms with Gasteiger partial charge in [0, 0.05) is 10.4 Å². The van der Waals surface area contributed by atoms with Crippen LogP contribution in [0.3, 0.4) is 0 Å². The fraction of sp³-hybridized carbons (Fsp3) is 0.368. The van der Waals surface area contributed by atoms with E-state index in [1.807, 2.05) is 57.2 Å². The van der Waals surface area contributed by atoms with Crippen molar-refractivity contribution in [2.24, 2.45) is 0 Å². The number of fused-ring (bicyclic) bond motifs is 1. The molecule has 1 amide bonds. The standard InChI is InChI=1S/C19H23NO3S/c1-4-19(2,3)20-17(21)12-23-18(22)13-24-16-10-9-14-7-5-6-8-15(14)11-16/h5-11H,4,12-13H2,1-3H3,(H,20,21). The van der Waals surface area contributed by atoms with Crippen LogP contribution in [0.5, 0.6) is 0 Å². The molecule has 2 aromatic carbocycles. The first-order valence-corrected chi connectivity index (χ1v) is 8.96. The molecule has 4 nitrogen and oxygen atoms in total. The number of thioether (sulfide) groups is 1. The van der Waals surface area contributed by atoms with Crippen LogP contribution in [-0.4, -0.2) is 29.8 Å². The Hall–Kier alpha value is -2.01. The Balaban J connectivity index is 1.79. The fourth-order valence-electron chi connectivity index (χ4n) is 2.09. The third kappa shape index (κ3) is 5.57.